The molecule has 0 aliphatic rings. The Morgan fingerprint density at radius 1 is 1.33 bits per heavy atom. The minimum atomic E-state index is -2.54. The smallest absolute Gasteiger partial charge is 0.261 e. The van der Waals surface area contributed by atoms with Crippen LogP contribution in [0.2, 0.25) is 0 Å². The van der Waals surface area contributed by atoms with Gasteiger partial charge in [-0.3, -0.25) is 0 Å². The Kier molecular flexibility index (Phi) is 5.94. The third-order valence-electron chi connectivity index (χ3n) is 2.35. The third-order valence-corrected chi connectivity index (χ3v) is 2.35. The summed E-state index contributed by atoms with van der Waals surface area (Å²) in [6, 6.07) is 4.06. The van der Waals surface area contributed by atoms with Gasteiger partial charge < -0.3 is 14.6 Å². The summed E-state index contributed by atoms with van der Waals surface area (Å²) in [6.45, 7) is -0.741. The van der Waals surface area contributed by atoms with E-state index in [0.29, 0.717) is 5.75 Å². The van der Waals surface area contributed by atoms with Gasteiger partial charge in [0, 0.05) is 24.7 Å². The van der Waals surface area contributed by atoms with E-state index in [9.17, 15) is 18.3 Å². The number of aliphatic hydroxyl groups is 1. The van der Waals surface area contributed by atoms with E-state index in [4.69, 9.17) is 4.74 Å². The van der Waals surface area contributed by atoms with Crippen molar-refractivity contribution in [3.05, 3.63) is 29.6 Å². The molecule has 1 N–H and O–H groups in total. The molecule has 0 spiro atoms. The van der Waals surface area contributed by atoms with Crippen LogP contribution in [-0.2, 0) is 4.74 Å². The Balaban J connectivity index is 2.48. The number of hydrogen-bond acceptors (Lipinski definition) is 3. The summed E-state index contributed by atoms with van der Waals surface area (Å²) in [5.74, 6) is -0.256. The first-order valence-electron chi connectivity index (χ1n) is 5.42. The molecule has 6 heteroatoms. The summed E-state index contributed by atoms with van der Waals surface area (Å²) in [5.41, 5.74) is 0.0939. The topological polar surface area (TPSA) is 38.7 Å². The Morgan fingerprint density at radius 3 is 2.61 bits per heavy atom. The first kappa shape index (κ1) is 14.8. The van der Waals surface area contributed by atoms with E-state index in [1.54, 1.807) is 0 Å². The molecule has 0 fully saturated rings. The van der Waals surface area contributed by atoms with Gasteiger partial charge in [-0.05, 0) is 12.1 Å². The van der Waals surface area contributed by atoms with Crippen molar-refractivity contribution in [2.45, 2.75) is 19.0 Å². The van der Waals surface area contributed by atoms with Gasteiger partial charge in [0.25, 0.3) is 6.43 Å². The molecule has 18 heavy (non-hydrogen) atoms. The lowest BCUT2D eigenvalue weighted by molar-refractivity contribution is 0.00447. The fraction of sp³-hybridized carbons (Fsp3) is 0.500. The molecule has 1 unspecified atom stereocenters. The van der Waals surface area contributed by atoms with Crippen LogP contribution >= 0.6 is 0 Å². The molecule has 0 saturated heterocycles. The molecule has 0 aliphatic heterocycles. The molecule has 0 bridgehead atoms. The Morgan fingerprint density at radius 2 is 2.06 bits per heavy atom. The molecule has 0 amide bonds. The fourth-order valence-corrected chi connectivity index (χ4v) is 1.43. The van der Waals surface area contributed by atoms with E-state index >= 15 is 0 Å². The number of benzene rings is 1. The van der Waals surface area contributed by atoms with Gasteiger partial charge in [0.05, 0.1) is 13.2 Å². The van der Waals surface area contributed by atoms with Gasteiger partial charge in [0.1, 0.15) is 18.2 Å². The zero-order valence-corrected chi connectivity index (χ0v) is 9.91. The van der Waals surface area contributed by atoms with Crippen molar-refractivity contribution in [3.63, 3.8) is 0 Å². The molecule has 102 valence electrons. The van der Waals surface area contributed by atoms with E-state index in [0.717, 1.165) is 6.07 Å². The molecule has 1 rings (SSSR count). The number of ether oxygens (including phenoxy) is 2. The van der Waals surface area contributed by atoms with Crippen molar-refractivity contribution >= 4 is 0 Å². The van der Waals surface area contributed by atoms with E-state index in [1.807, 2.05) is 0 Å². The number of hydrogen-bond donors (Lipinski definition) is 1. The van der Waals surface area contributed by atoms with Gasteiger partial charge in [-0.25, -0.2) is 13.2 Å². The average molecular weight is 264 g/mol. The first-order valence-corrected chi connectivity index (χ1v) is 5.42. The van der Waals surface area contributed by atoms with E-state index in [2.05, 4.69) is 4.74 Å². The molecule has 1 atom stereocenters. The predicted octanol–water partition coefficient (Wildman–Crippen LogP) is 2.54. The van der Waals surface area contributed by atoms with Crippen molar-refractivity contribution in [2.24, 2.45) is 0 Å². The van der Waals surface area contributed by atoms with Crippen LogP contribution in [0, 0.1) is 5.82 Å². The predicted molar refractivity (Wildman–Crippen MR) is 59.4 cm³/mol. The molecule has 1 aromatic rings. The van der Waals surface area contributed by atoms with E-state index in [-0.39, 0.29) is 18.6 Å². The molecular formula is C12H15F3O3. The van der Waals surface area contributed by atoms with Crippen LogP contribution in [0.3, 0.4) is 0 Å². The lowest BCUT2D eigenvalue weighted by atomic mass is 10.1. The Bertz CT molecular complexity index is 372. The van der Waals surface area contributed by atoms with Crippen molar-refractivity contribution in [1.29, 1.82) is 0 Å². The molecular weight excluding hydrogens is 249 g/mol. The quantitative estimate of drug-likeness (QED) is 0.769. The van der Waals surface area contributed by atoms with E-state index < -0.39 is 25.0 Å². The molecule has 0 aromatic heterocycles. The molecule has 0 saturated carbocycles. The van der Waals surface area contributed by atoms with Crippen molar-refractivity contribution in [2.75, 3.05) is 20.3 Å². The second-order valence-electron chi connectivity index (χ2n) is 3.66. The average Bonchev–Trinajstić information content (AvgIpc) is 2.33. The summed E-state index contributed by atoms with van der Waals surface area (Å²) in [7, 11) is 1.41. The molecule has 0 heterocycles. The molecule has 0 aliphatic carbocycles. The highest BCUT2D eigenvalue weighted by Gasteiger charge is 2.14. The van der Waals surface area contributed by atoms with Crippen LogP contribution < -0.4 is 4.74 Å². The van der Waals surface area contributed by atoms with Crippen molar-refractivity contribution < 1.29 is 27.8 Å². The number of methoxy groups -OCH3 is 1. The Hall–Kier alpha value is -1.27. The summed E-state index contributed by atoms with van der Waals surface area (Å²) < 4.78 is 46.5. The molecule has 1 aromatic carbocycles. The maximum absolute atomic E-state index is 13.5. The second-order valence-corrected chi connectivity index (χ2v) is 3.66. The van der Waals surface area contributed by atoms with Gasteiger partial charge in [0.2, 0.25) is 0 Å². The number of aliphatic hydroxyl groups excluding tert-OH is 1. The van der Waals surface area contributed by atoms with Crippen LogP contribution in [-0.4, -0.2) is 31.9 Å². The van der Waals surface area contributed by atoms with Crippen LogP contribution in [0.5, 0.6) is 5.75 Å². The highest BCUT2D eigenvalue weighted by Crippen LogP contribution is 2.23. The lowest BCUT2D eigenvalue weighted by Gasteiger charge is -2.13. The first-order chi connectivity index (χ1) is 8.54. The van der Waals surface area contributed by atoms with Gasteiger partial charge in [-0.1, -0.05) is 0 Å². The lowest BCUT2D eigenvalue weighted by Crippen LogP contribution is -2.09. The van der Waals surface area contributed by atoms with Crippen LogP contribution in [0.4, 0.5) is 13.2 Å². The maximum atomic E-state index is 13.5. The minimum Gasteiger partial charge on any atom is -0.497 e. The molecule has 0 radical (unpaired) electrons. The monoisotopic (exact) mass is 264 g/mol. The standard InChI is InChI=1S/C12H15F3O3/c1-17-8-2-3-9(10(13)6-8)11(16)4-5-18-7-12(14)15/h2-3,6,11-12,16H,4-5,7H2,1H3. The number of alkyl halides is 2. The zero-order chi connectivity index (χ0) is 13.5. The second kappa shape index (κ2) is 7.23. The SMILES string of the molecule is COc1ccc(C(O)CCOCC(F)F)c(F)c1. The highest BCUT2D eigenvalue weighted by atomic mass is 19.3. The van der Waals surface area contributed by atoms with Gasteiger partial charge >= 0.3 is 0 Å². The van der Waals surface area contributed by atoms with Crippen LogP contribution in [0.15, 0.2) is 18.2 Å². The van der Waals surface area contributed by atoms with Gasteiger partial charge in [0.15, 0.2) is 0 Å². The highest BCUT2D eigenvalue weighted by molar-refractivity contribution is 5.30. The molecule has 3 nitrogen and oxygen atoms in total. The van der Waals surface area contributed by atoms with Crippen molar-refractivity contribution in [1.82, 2.24) is 0 Å². The van der Waals surface area contributed by atoms with Crippen LogP contribution in [0.1, 0.15) is 18.1 Å². The summed E-state index contributed by atoms with van der Waals surface area (Å²) in [6.07, 6.45) is -3.58. The van der Waals surface area contributed by atoms with Gasteiger partial charge in [-0.15, -0.1) is 0 Å². The Labute approximate surface area is 103 Å². The van der Waals surface area contributed by atoms with E-state index in [1.165, 1.54) is 19.2 Å². The maximum Gasteiger partial charge on any atom is 0.261 e. The number of halogens is 3. The summed E-state index contributed by atoms with van der Waals surface area (Å²) >= 11 is 0. The number of rotatable bonds is 7. The van der Waals surface area contributed by atoms with Crippen molar-refractivity contribution in [3.8, 4) is 5.75 Å². The summed E-state index contributed by atoms with van der Waals surface area (Å²) in [5, 5.41) is 9.68. The van der Waals surface area contributed by atoms with Crippen LogP contribution in [0.25, 0.3) is 0 Å². The minimum absolute atomic E-state index is 0.0516. The summed E-state index contributed by atoms with van der Waals surface area (Å²) in [4.78, 5) is 0. The largest absolute Gasteiger partial charge is 0.497 e. The third kappa shape index (κ3) is 4.54. The van der Waals surface area contributed by atoms with Gasteiger partial charge in [-0.2, -0.15) is 0 Å². The normalized spacial score (nSPS) is 12.8. The fourth-order valence-electron chi connectivity index (χ4n) is 1.43. The zero-order valence-electron chi connectivity index (χ0n) is 9.91.